The maximum absolute atomic E-state index is 13.1. The zero-order valence-corrected chi connectivity index (χ0v) is 20.3. The van der Waals surface area contributed by atoms with Crippen molar-refractivity contribution in [3.05, 3.63) is 51.2 Å². The lowest BCUT2D eigenvalue weighted by molar-refractivity contribution is -0.121. The largest absolute Gasteiger partial charge is 0.376 e. The quantitative estimate of drug-likeness (QED) is 0.637. The zero-order chi connectivity index (χ0) is 23.8. The van der Waals surface area contributed by atoms with E-state index in [-0.39, 0.29) is 35.8 Å². The molecule has 1 N–H and O–H groups in total. The van der Waals surface area contributed by atoms with Crippen LogP contribution in [0.15, 0.2) is 28.4 Å². The fourth-order valence-electron chi connectivity index (χ4n) is 4.97. The molecule has 0 saturated carbocycles. The second-order valence-electron chi connectivity index (χ2n) is 9.34. The normalized spacial score (nSPS) is 23.5. The van der Waals surface area contributed by atoms with Gasteiger partial charge >= 0.3 is 0 Å². The van der Waals surface area contributed by atoms with Crippen LogP contribution in [0.3, 0.4) is 0 Å². The van der Waals surface area contributed by atoms with Crippen LogP contribution in [0.4, 0.5) is 0 Å². The first kappa shape index (κ1) is 23.0. The summed E-state index contributed by atoms with van der Waals surface area (Å²) in [6.07, 6.45) is 4.13. The Morgan fingerprint density at radius 3 is 2.97 bits per heavy atom. The molecule has 10 heteroatoms. The number of amides is 2. The molecule has 180 valence electrons. The molecule has 2 amide bonds. The number of likely N-dealkylation sites (tertiary alicyclic amines) is 1. The molecule has 0 bridgehead atoms. The molecule has 0 spiro atoms. The number of fused-ring (bicyclic) bond motifs is 2. The molecule has 3 aliphatic heterocycles. The van der Waals surface area contributed by atoms with Gasteiger partial charge in [0.15, 0.2) is 5.16 Å². The average Bonchev–Trinajstić information content (AvgIpc) is 3.45. The Hall–Kier alpha value is -2.72. The van der Waals surface area contributed by atoms with E-state index in [1.807, 2.05) is 29.4 Å². The third-order valence-corrected chi connectivity index (χ3v) is 8.10. The van der Waals surface area contributed by atoms with Crippen LogP contribution in [0.2, 0.25) is 0 Å². The number of carbonyl (C=O) groups excluding carboxylic acids is 2. The highest BCUT2D eigenvalue weighted by molar-refractivity contribution is 7.99. The van der Waals surface area contributed by atoms with Crippen molar-refractivity contribution in [2.75, 3.05) is 32.0 Å². The molecule has 2 aromatic rings. The van der Waals surface area contributed by atoms with E-state index in [9.17, 15) is 14.4 Å². The summed E-state index contributed by atoms with van der Waals surface area (Å²) in [4.78, 5) is 48.2. The molecule has 2 aromatic heterocycles. The molecule has 0 radical (unpaired) electrons. The summed E-state index contributed by atoms with van der Waals surface area (Å²) in [5.41, 5.74) is 2.61. The topological polar surface area (TPSA) is 106 Å². The lowest BCUT2D eigenvalue weighted by Gasteiger charge is -2.36. The lowest BCUT2D eigenvalue weighted by Crippen LogP contribution is -2.47. The minimum absolute atomic E-state index is 0.00197. The van der Waals surface area contributed by atoms with Crippen molar-refractivity contribution in [3.63, 3.8) is 0 Å². The molecule has 0 unspecified atom stereocenters. The average molecular weight is 484 g/mol. The second kappa shape index (κ2) is 9.50. The highest BCUT2D eigenvalue weighted by Crippen LogP contribution is 2.34. The summed E-state index contributed by atoms with van der Waals surface area (Å²) in [5, 5.41) is 3.65. The highest BCUT2D eigenvalue weighted by Gasteiger charge is 2.42. The van der Waals surface area contributed by atoms with Crippen LogP contribution in [0.5, 0.6) is 0 Å². The van der Waals surface area contributed by atoms with Crippen LogP contribution in [0.1, 0.15) is 33.6 Å². The maximum Gasteiger partial charge on any atom is 0.277 e. The van der Waals surface area contributed by atoms with Gasteiger partial charge in [-0.2, -0.15) is 4.98 Å². The first-order chi connectivity index (χ1) is 16.4. The first-order valence-electron chi connectivity index (χ1n) is 11.7. The van der Waals surface area contributed by atoms with Gasteiger partial charge in [0.1, 0.15) is 0 Å². The molecular formula is C24H29N5O4S. The van der Waals surface area contributed by atoms with Crippen molar-refractivity contribution < 1.29 is 14.3 Å². The Morgan fingerprint density at radius 2 is 2.15 bits per heavy atom. The van der Waals surface area contributed by atoms with Gasteiger partial charge in [0.25, 0.3) is 11.5 Å². The summed E-state index contributed by atoms with van der Waals surface area (Å²) in [5.74, 6) is 1.21. The number of hydrogen-bond donors (Lipinski definition) is 1. The van der Waals surface area contributed by atoms with E-state index in [0.717, 1.165) is 30.0 Å². The number of ether oxygens (including phenoxy) is 1. The van der Waals surface area contributed by atoms with Crippen molar-refractivity contribution >= 4 is 23.6 Å². The summed E-state index contributed by atoms with van der Waals surface area (Å²) in [6.45, 7) is 7.00. The molecule has 5 rings (SSSR count). The molecule has 34 heavy (non-hydrogen) atoms. The Labute approximate surface area is 202 Å². The zero-order valence-electron chi connectivity index (χ0n) is 19.5. The predicted octanol–water partition coefficient (Wildman–Crippen LogP) is 1.20. The van der Waals surface area contributed by atoms with E-state index in [1.54, 1.807) is 24.2 Å². The second-order valence-corrected chi connectivity index (χ2v) is 10.4. The summed E-state index contributed by atoms with van der Waals surface area (Å²) in [7, 11) is 0. The van der Waals surface area contributed by atoms with Crippen LogP contribution in [-0.2, 0) is 22.5 Å². The number of aromatic nitrogens is 3. The first-order valence-corrected chi connectivity index (χ1v) is 12.7. The van der Waals surface area contributed by atoms with Crippen LogP contribution >= 0.6 is 11.8 Å². The number of nitrogens with zero attached hydrogens (tertiary/aromatic N) is 4. The standard InChI is InChI=1S/C24H29N5O4S/c1-14-7-17(9-25-15(14)2)23(32)28-4-3-16-13-33-20(19(16)12-28)10-26-21(30)8-18-11-29-5-6-34-24(29)27-22(18)31/h7,9,11,16,19-20H,3-6,8,10,12-13H2,1-2H3,(H,26,30)/t16-,19-,20-/m0/s1. The number of carbonyl (C=O) groups is 2. The third kappa shape index (κ3) is 4.61. The number of aryl methyl sites for hydroxylation is 3. The number of nitrogens with one attached hydrogen (secondary N) is 1. The Kier molecular flexibility index (Phi) is 6.44. The van der Waals surface area contributed by atoms with Crippen molar-refractivity contribution in [3.8, 4) is 0 Å². The minimum atomic E-state index is -0.338. The molecular weight excluding hydrogens is 454 g/mol. The number of hydrogen-bond acceptors (Lipinski definition) is 7. The maximum atomic E-state index is 13.1. The highest BCUT2D eigenvalue weighted by atomic mass is 32.2. The number of thioether (sulfide) groups is 1. The van der Waals surface area contributed by atoms with Gasteiger partial charge in [-0.05, 0) is 37.8 Å². The van der Waals surface area contributed by atoms with Gasteiger partial charge in [0.05, 0.1) is 24.7 Å². The lowest BCUT2D eigenvalue weighted by atomic mass is 9.84. The molecule has 2 fully saturated rings. The van der Waals surface area contributed by atoms with E-state index < -0.39 is 0 Å². The van der Waals surface area contributed by atoms with Gasteiger partial charge in [0.2, 0.25) is 5.91 Å². The molecule has 3 aliphatic rings. The van der Waals surface area contributed by atoms with Crippen molar-refractivity contribution in [1.82, 2.24) is 24.8 Å². The monoisotopic (exact) mass is 483 g/mol. The Morgan fingerprint density at radius 1 is 1.29 bits per heavy atom. The van der Waals surface area contributed by atoms with E-state index in [0.29, 0.717) is 48.4 Å². The summed E-state index contributed by atoms with van der Waals surface area (Å²) >= 11 is 1.55. The van der Waals surface area contributed by atoms with Gasteiger partial charge in [-0.1, -0.05) is 11.8 Å². The fourth-order valence-corrected chi connectivity index (χ4v) is 5.90. The molecule has 2 saturated heterocycles. The molecule has 3 atom stereocenters. The molecule has 5 heterocycles. The van der Waals surface area contributed by atoms with Gasteiger partial charge in [-0.3, -0.25) is 19.4 Å². The number of rotatable bonds is 5. The van der Waals surface area contributed by atoms with Crippen molar-refractivity contribution in [2.24, 2.45) is 11.8 Å². The van der Waals surface area contributed by atoms with Crippen LogP contribution in [0, 0.1) is 25.7 Å². The van der Waals surface area contributed by atoms with Crippen LogP contribution in [-0.4, -0.2) is 69.3 Å². The number of piperidine rings is 1. The van der Waals surface area contributed by atoms with Crippen molar-refractivity contribution in [2.45, 2.75) is 44.5 Å². The van der Waals surface area contributed by atoms with Crippen molar-refractivity contribution in [1.29, 1.82) is 0 Å². The van der Waals surface area contributed by atoms with E-state index in [1.165, 1.54) is 0 Å². The molecule has 0 aromatic carbocycles. The fraction of sp³-hybridized carbons (Fsp3) is 0.542. The minimum Gasteiger partial charge on any atom is -0.376 e. The van der Waals surface area contributed by atoms with Crippen LogP contribution < -0.4 is 10.9 Å². The van der Waals surface area contributed by atoms with E-state index in [4.69, 9.17) is 4.74 Å². The molecule has 0 aliphatic carbocycles. The number of pyridine rings is 1. The van der Waals surface area contributed by atoms with E-state index >= 15 is 0 Å². The van der Waals surface area contributed by atoms with Gasteiger partial charge in [0, 0.05) is 61.5 Å². The Bertz CT molecular complexity index is 1180. The SMILES string of the molecule is Cc1cc(C(=O)N2CC[C@H]3CO[C@@H](CNC(=O)Cc4cn5c(nc4=O)SCC5)[C@H]3C2)cnc1C. The van der Waals surface area contributed by atoms with Gasteiger partial charge in [-0.15, -0.1) is 0 Å². The van der Waals surface area contributed by atoms with Gasteiger partial charge in [-0.25, -0.2) is 0 Å². The van der Waals surface area contributed by atoms with E-state index in [2.05, 4.69) is 15.3 Å². The molecule has 9 nitrogen and oxygen atoms in total. The van der Waals surface area contributed by atoms with Gasteiger partial charge < -0.3 is 19.5 Å². The van der Waals surface area contributed by atoms with Crippen LogP contribution in [0.25, 0.3) is 0 Å². The Balaban J connectivity index is 1.18. The predicted molar refractivity (Wildman–Crippen MR) is 127 cm³/mol. The summed E-state index contributed by atoms with van der Waals surface area (Å²) < 4.78 is 7.94. The third-order valence-electron chi connectivity index (χ3n) is 7.13. The summed E-state index contributed by atoms with van der Waals surface area (Å²) in [6, 6.07) is 1.90. The smallest absolute Gasteiger partial charge is 0.277 e.